The molecule has 1 aliphatic heterocycles. The van der Waals surface area contributed by atoms with Gasteiger partial charge in [-0.05, 0) is 49.6 Å². The lowest BCUT2D eigenvalue weighted by Crippen LogP contribution is -2.24. The highest BCUT2D eigenvalue weighted by molar-refractivity contribution is 8.16. The summed E-state index contributed by atoms with van der Waals surface area (Å²) in [5.74, 6) is 4.55. The van der Waals surface area contributed by atoms with E-state index in [4.69, 9.17) is 9.26 Å². The predicted molar refractivity (Wildman–Crippen MR) is 99.6 cm³/mol. The lowest BCUT2D eigenvalue weighted by Gasteiger charge is -2.21. The maximum absolute atomic E-state index is 5.75. The molecule has 1 N–H and O–H groups in total. The van der Waals surface area contributed by atoms with Crippen molar-refractivity contribution >= 4 is 23.5 Å². The zero-order chi connectivity index (χ0) is 16.8. The summed E-state index contributed by atoms with van der Waals surface area (Å²) < 4.78 is 11.5. The summed E-state index contributed by atoms with van der Waals surface area (Å²) in [5, 5.41) is 7.14. The standard InChI is InChI=1S/C17H23N3O2S2/c1-12(18-2)10-15-19-16(22-20-15)11-21-14-6-4-13(5-7-14)17-23-8-3-9-24-17/h4-7,12,17-18H,3,8-11H2,1-2H3. The van der Waals surface area contributed by atoms with Gasteiger partial charge in [0.05, 0.1) is 4.58 Å². The first-order chi connectivity index (χ1) is 11.7. The monoisotopic (exact) mass is 365 g/mol. The fourth-order valence-corrected chi connectivity index (χ4v) is 5.25. The van der Waals surface area contributed by atoms with Crippen LogP contribution in [0.1, 0.15) is 35.2 Å². The second-order valence-corrected chi connectivity index (χ2v) is 8.51. The molecule has 7 heteroatoms. The molecule has 2 aromatic rings. The number of hydrogen-bond donors (Lipinski definition) is 1. The number of nitrogens with zero attached hydrogens (tertiary/aromatic N) is 2. The quantitative estimate of drug-likeness (QED) is 0.803. The van der Waals surface area contributed by atoms with E-state index in [9.17, 15) is 0 Å². The van der Waals surface area contributed by atoms with Gasteiger partial charge in [-0.25, -0.2) is 0 Å². The van der Waals surface area contributed by atoms with Gasteiger partial charge in [-0.3, -0.25) is 0 Å². The van der Waals surface area contributed by atoms with E-state index in [1.54, 1.807) is 0 Å². The highest BCUT2D eigenvalue weighted by Crippen LogP contribution is 2.43. The molecule has 130 valence electrons. The molecule has 3 rings (SSSR count). The fraction of sp³-hybridized carbons (Fsp3) is 0.529. The Morgan fingerprint density at radius 3 is 2.75 bits per heavy atom. The van der Waals surface area contributed by atoms with Crippen molar-refractivity contribution < 1.29 is 9.26 Å². The van der Waals surface area contributed by atoms with E-state index in [0.717, 1.165) is 12.2 Å². The molecule has 5 nitrogen and oxygen atoms in total. The SMILES string of the molecule is CNC(C)Cc1noc(COc2ccc(C3SCCCS3)cc2)n1. The van der Waals surface area contributed by atoms with Crippen LogP contribution >= 0.6 is 23.5 Å². The minimum absolute atomic E-state index is 0.299. The van der Waals surface area contributed by atoms with Crippen LogP contribution in [0.2, 0.25) is 0 Å². The fourth-order valence-electron chi connectivity index (χ4n) is 2.35. The van der Waals surface area contributed by atoms with E-state index < -0.39 is 0 Å². The van der Waals surface area contributed by atoms with Crippen LogP contribution in [0.4, 0.5) is 0 Å². The Morgan fingerprint density at radius 2 is 2.04 bits per heavy atom. The molecule has 1 aromatic heterocycles. The molecule has 1 fully saturated rings. The summed E-state index contributed by atoms with van der Waals surface area (Å²) >= 11 is 4.05. The second-order valence-electron chi connectivity index (χ2n) is 5.78. The summed E-state index contributed by atoms with van der Waals surface area (Å²) in [7, 11) is 1.92. The number of likely N-dealkylation sites (N-methyl/N-ethyl adjacent to an activating group) is 1. The van der Waals surface area contributed by atoms with Gasteiger partial charge >= 0.3 is 0 Å². The molecule has 0 radical (unpaired) electrons. The average Bonchev–Trinajstić information content (AvgIpc) is 3.08. The van der Waals surface area contributed by atoms with Crippen molar-refractivity contribution in [2.24, 2.45) is 0 Å². The molecular formula is C17H23N3O2S2. The molecule has 0 bridgehead atoms. The third kappa shape index (κ3) is 4.91. The van der Waals surface area contributed by atoms with Crippen molar-refractivity contribution in [3.63, 3.8) is 0 Å². The molecule has 0 aliphatic carbocycles. The third-order valence-electron chi connectivity index (χ3n) is 3.83. The molecule has 1 aromatic carbocycles. The van der Waals surface area contributed by atoms with Gasteiger partial charge < -0.3 is 14.6 Å². The van der Waals surface area contributed by atoms with Gasteiger partial charge in [0.15, 0.2) is 12.4 Å². The van der Waals surface area contributed by atoms with Crippen LogP contribution in [0, 0.1) is 0 Å². The molecule has 0 saturated carbocycles. The molecule has 0 amide bonds. The van der Waals surface area contributed by atoms with Crippen LogP contribution in [0.25, 0.3) is 0 Å². The Bertz CT molecular complexity index is 627. The number of nitrogens with one attached hydrogen (secondary N) is 1. The van der Waals surface area contributed by atoms with Crippen molar-refractivity contribution in [3.8, 4) is 5.75 Å². The second kappa shape index (κ2) is 8.78. The Labute approximate surface area is 151 Å². The summed E-state index contributed by atoms with van der Waals surface area (Å²) in [4.78, 5) is 4.35. The summed E-state index contributed by atoms with van der Waals surface area (Å²) in [5.41, 5.74) is 1.36. The van der Waals surface area contributed by atoms with Gasteiger partial charge in [0, 0.05) is 12.5 Å². The van der Waals surface area contributed by atoms with Gasteiger partial charge in [0.2, 0.25) is 0 Å². The number of ether oxygens (including phenoxy) is 1. The normalized spacial score (nSPS) is 16.9. The Hall–Kier alpha value is -1.18. The van der Waals surface area contributed by atoms with Crippen LogP contribution < -0.4 is 10.1 Å². The maximum atomic E-state index is 5.75. The van der Waals surface area contributed by atoms with E-state index in [-0.39, 0.29) is 0 Å². The van der Waals surface area contributed by atoms with Crippen LogP contribution in [-0.4, -0.2) is 34.7 Å². The van der Waals surface area contributed by atoms with Crippen LogP contribution in [0.3, 0.4) is 0 Å². The lowest BCUT2D eigenvalue weighted by molar-refractivity contribution is 0.242. The first-order valence-corrected chi connectivity index (χ1v) is 10.3. The molecule has 2 heterocycles. The highest BCUT2D eigenvalue weighted by atomic mass is 32.2. The number of aromatic nitrogens is 2. The van der Waals surface area contributed by atoms with Crippen molar-refractivity contribution in [2.75, 3.05) is 18.6 Å². The van der Waals surface area contributed by atoms with E-state index in [1.807, 2.05) is 42.7 Å². The molecule has 1 atom stereocenters. The van der Waals surface area contributed by atoms with Gasteiger partial charge in [0.1, 0.15) is 5.75 Å². The first-order valence-electron chi connectivity index (χ1n) is 8.19. The predicted octanol–water partition coefficient (Wildman–Crippen LogP) is 3.67. The van der Waals surface area contributed by atoms with Crippen LogP contribution in [0.15, 0.2) is 28.8 Å². The van der Waals surface area contributed by atoms with Gasteiger partial charge in [-0.1, -0.05) is 17.3 Å². The van der Waals surface area contributed by atoms with Crippen molar-refractivity contribution in [1.82, 2.24) is 15.5 Å². The van der Waals surface area contributed by atoms with E-state index in [0.29, 0.717) is 28.9 Å². The van der Waals surface area contributed by atoms with E-state index in [1.165, 1.54) is 23.5 Å². The minimum Gasteiger partial charge on any atom is -0.484 e. The third-order valence-corrected chi connectivity index (χ3v) is 6.85. The number of benzene rings is 1. The lowest BCUT2D eigenvalue weighted by atomic mass is 10.2. The Kier molecular flexibility index (Phi) is 6.45. The first kappa shape index (κ1) is 17.6. The number of rotatable bonds is 7. The van der Waals surface area contributed by atoms with Gasteiger partial charge in [-0.15, -0.1) is 23.5 Å². The smallest absolute Gasteiger partial charge is 0.264 e. The van der Waals surface area contributed by atoms with Gasteiger partial charge in [-0.2, -0.15) is 4.98 Å². The average molecular weight is 366 g/mol. The largest absolute Gasteiger partial charge is 0.484 e. The molecule has 1 saturated heterocycles. The summed E-state index contributed by atoms with van der Waals surface area (Å²) in [6.45, 7) is 2.38. The maximum Gasteiger partial charge on any atom is 0.264 e. The highest BCUT2D eigenvalue weighted by Gasteiger charge is 2.16. The Morgan fingerprint density at radius 1 is 1.29 bits per heavy atom. The van der Waals surface area contributed by atoms with Crippen LogP contribution in [0.5, 0.6) is 5.75 Å². The topological polar surface area (TPSA) is 60.2 Å². The summed E-state index contributed by atoms with van der Waals surface area (Å²) in [6, 6.07) is 8.66. The van der Waals surface area contributed by atoms with Gasteiger partial charge in [0.25, 0.3) is 5.89 Å². The van der Waals surface area contributed by atoms with Crippen molar-refractivity contribution in [2.45, 2.75) is 37.0 Å². The van der Waals surface area contributed by atoms with Crippen molar-refractivity contribution in [1.29, 1.82) is 0 Å². The molecule has 1 aliphatic rings. The molecule has 0 spiro atoms. The van der Waals surface area contributed by atoms with E-state index in [2.05, 4.69) is 34.5 Å². The zero-order valence-electron chi connectivity index (χ0n) is 14.0. The molecule has 1 unspecified atom stereocenters. The number of hydrogen-bond acceptors (Lipinski definition) is 7. The number of thioether (sulfide) groups is 2. The van der Waals surface area contributed by atoms with E-state index >= 15 is 0 Å². The Balaban J connectivity index is 1.51. The molecular weight excluding hydrogens is 342 g/mol. The molecule has 24 heavy (non-hydrogen) atoms. The summed E-state index contributed by atoms with van der Waals surface area (Å²) in [6.07, 6.45) is 2.05. The minimum atomic E-state index is 0.299. The van der Waals surface area contributed by atoms with Crippen molar-refractivity contribution in [3.05, 3.63) is 41.5 Å². The zero-order valence-corrected chi connectivity index (χ0v) is 15.7. The van der Waals surface area contributed by atoms with Crippen LogP contribution in [-0.2, 0) is 13.0 Å².